The van der Waals surface area contributed by atoms with Crippen LogP contribution in [0, 0.1) is 0 Å². The number of hydrogen-bond acceptors (Lipinski definition) is 5. The van der Waals surface area contributed by atoms with E-state index in [0.717, 1.165) is 35.9 Å². The van der Waals surface area contributed by atoms with Crippen LogP contribution < -0.4 is 25.6 Å². The topological polar surface area (TPSA) is 46.8 Å². The molecule has 2 atom stereocenters. The number of nitrogens with zero attached hydrogens (tertiary/aromatic N) is 5. The maximum Gasteiger partial charge on any atom is 0.240 e. The second-order valence-corrected chi connectivity index (χ2v) is 23.6. The number of anilines is 2. The third kappa shape index (κ3) is 5.60. The number of benzene rings is 8. The van der Waals surface area contributed by atoms with E-state index < -0.39 is 8.07 Å². The summed E-state index contributed by atoms with van der Waals surface area (Å²) in [7, 11) is -2.98. The molecule has 66 heavy (non-hydrogen) atoms. The SMILES string of the molecule is CC12CCCCC1(C)N(c1nc(-c3cccc([Si](c4ccccc4)(c4ccccc4)c4ccc5c(c4)sc4ccccc45)c3)nc(-n3c4ccccc4c4ccccc43)n1)c1ccccc12. The molecule has 0 bridgehead atoms. The minimum atomic E-state index is -2.98. The maximum atomic E-state index is 5.64. The molecule has 3 aromatic heterocycles. The van der Waals surface area contributed by atoms with E-state index in [0.29, 0.717) is 17.7 Å². The zero-order chi connectivity index (χ0) is 44.0. The van der Waals surface area contributed by atoms with Crippen LogP contribution in [0.25, 0.3) is 59.3 Å². The Morgan fingerprint density at radius 3 is 1.79 bits per heavy atom. The molecule has 1 aliphatic heterocycles. The summed E-state index contributed by atoms with van der Waals surface area (Å²) in [6, 6.07) is 73.9. The fourth-order valence-electron chi connectivity index (χ4n) is 12.1. The molecule has 7 heteroatoms. The minimum Gasteiger partial charge on any atom is -0.303 e. The fourth-order valence-corrected chi connectivity index (χ4v) is 18.1. The Kier molecular flexibility index (Phi) is 8.86. The lowest BCUT2D eigenvalue weighted by atomic mass is 9.61. The van der Waals surface area contributed by atoms with Gasteiger partial charge in [-0.1, -0.05) is 190 Å². The fraction of sp³-hybridized carbons (Fsp3) is 0.136. The monoisotopic (exact) mass is 885 g/mol. The van der Waals surface area contributed by atoms with Gasteiger partial charge in [-0.15, -0.1) is 11.3 Å². The van der Waals surface area contributed by atoms with Crippen LogP contribution in [0.3, 0.4) is 0 Å². The van der Waals surface area contributed by atoms with E-state index in [1.807, 2.05) is 11.3 Å². The summed E-state index contributed by atoms with van der Waals surface area (Å²) in [4.78, 5) is 19.3. The molecule has 0 spiro atoms. The Morgan fingerprint density at radius 2 is 1.05 bits per heavy atom. The molecule has 0 radical (unpaired) electrons. The van der Waals surface area contributed by atoms with Crippen LogP contribution in [-0.2, 0) is 5.41 Å². The molecule has 2 unspecified atom stereocenters. The van der Waals surface area contributed by atoms with Gasteiger partial charge in [0.05, 0.1) is 16.6 Å². The van der Waals surface area contributed by atoms with Gasteiger partial charge < -0.3 is 4.90 Å². The second kappa shape index (κ2) is 14.9. The molecular formula is C59H47N5SSi. The predicted molar refractivity (Wildman–Crippen MR) is 279 cm³/mol. The molecule has 5 nitrogen and oxygen atoms in total. The van der Waals surface area contributed by atoms with Gasteiger partial charge in [0.25, 0.3) is 0 Å². The predicted octanol–water partition coefficient (Wildman–Crippen LogP) is 12.1. The molecule has 8 aromatic carbocycles. The highest BCUT2D eigenvalue weighted by molar-refractivity contribution is 7.26. The number of hydrogen-bond donors (Lipinski definition) is 0. The minimum absolute atomic E-state index is 0.0619. The van der Waals surface area contributed by atoms with Crippen molar-refractivity contribution in [2.45, 2.75) is 50.5 Å². The second-order valence-electron chi connectivity index (χ2n) is 18.7. The molecule has 1 fully saturated rings. The van der Waals surface area contributed by atoms with Gasteiger partial charge in [0.2, 0.25) is 11.9 Å². The van der Waals surface area contributed by atoms with Crippen molar-refractivity contribution >= 4 is 93.8 Å². The van der Waals surface area contributed by atoms with Crippen molar-refractivity contribution in [3.8, 4) is 17.3 Å². The highest BCUT2D eigenvalue weighted by Gasteiger charge is 2.58. The van der Waals surface area contributed by atoms with Crippen molar-refractivity contribution in [1.29, 1.82) is 0 Å². The Bertz CT molecular complexity index is 3580. The van der Waals surface area contributed by atoms with Gasteiger partial charge in [0.15, 0.2) is 13.9 Å². The third-order valence-electron chi connectivity index (χ3n) is 15.4. The smallest absolute Gasteiger partial charge is 0.240 e. The van der Waals surface area contributed by atoms with Crippen LogP contribution in [0.4, 0.5) is 11.6 Å². The lowest BCUT2D eigenvalue weighted by Crippen LogP contribution is -2.74. The van der Waals surface area contributed by atoms with Gasteiger partial charge in [0.1, 0.15) is 0 Å². The maximum absolute atomic E-state index is 5.64. The summed E-state index contributed by atoms with van der Waals surface area (Å²) in [5, 5.41) is 10.2. The molecule has 11 aromatic rings. The summed E-state index contributed by atoms with van der Waals surface area (Å²) in [6.07, 6.45) is 4.54. The molecule has 0 amide bonds. The van der Waals surface area contributed by atoms with Gasteiger partial charge in [-0.25, -0.2) is 0 Å². The van der Waals surface area contributed by atoms with Gasteiger partial charge in [-0.05, 0) is 76.4 Å². The lowest BCUT2D eigenvalue weighted by molar-refractivity contribution is 0.193. The van der Waals surface area contributed by atoms with Crippen LogP contribution in [0.2, 0.25) is 0 Å². The van der Waals surface area contributed by atoms with Gasteiger partial charge >= 0.3 is 0 Å². The highest BCUT2D eigenvalue weighted by Crippen LogP contribution is 2.60. The quantitative estimate of drug-likeness (QED) is 0.118. The molecule has 1 aliphatic carbocycles. The van der Waals surface area contributed by atoms with E-state index in [2.05, 4.69) is 224 Å². The van der Waals surface area contributed by atoms with Gasteiger partial charge in [0, 0.05) is 47.6 Å². The van der Waals surface area contributed by atoms with Crippen molar-refractivity contribution in [3.63, 3.8) is 0 Å². The third-order valence-corrected chi connectivity index (χ3v) is 21.3. The first-order chi connectivity index (χ1) is 32.5. The Balaban J connectivity index is 1.09. The Hall–Kier alpha value is -7.19. The van der Waals surface area contributed by atoms with E-state index in [9.17, 15) is 0 Å². The van der Waals surface area contributed by atoms with Crippen molar-refractivity contribution < 1.29 is 0 Å². The normalized spacial score (nSPS) is 18.3. The first-order valence-corrected chi connectivity index (χ1v) is 26.1. The van der Waals surface area contributed by atoms with Crippen LogP contribution in [0.1, 0.15) is 45.1 Å². The zero-order valence-electron chi connectivity index (χ0n) is 37.0. The number of aromatic nitrogens is 4. The van der Waals surface area contributed by atoms with Gasteiger partial charge in [-0.3, -0.25) is 4.57 Å². The molecule has 1 saturated carbocycles. The van der Waals surface area contributed by atoms with Crippen molar-refractivity contribution in [3.05, 3.63) is 206 Å². The molecule has 2 aliphatic rings. The zero-order valence-corrected chi connectivity index (χ0v) is 38.8. The molecule has 318 valence electrons. The molecule has 13 rings (SSSR count). The summed E-state index contributed by atoms with van der Waals surface area (Å²) >= 11 is 1.88. The van der Waals surface area contributed by atoms with E-state index in [1.165, 1.54) is 69.4 Å². The average Bonchev–Trinajstić information content (AvgIpc) is 3.98. The van der Waals surface area contributed by atoms with Crippen molar-refractivity contribution in [1.82, 2.24) is 19.5 Å². The number of fused-ring (bicyclic) bond motifs is 9. The van der Waals surface area contributed by atoms with Gasteiger partial charge in [-0.2, -0.15) is 15.0 Å². The van der Waals surface area contributed by atoms with E-state index in [-0.39, 0.29) is 11.0 Å². The van der Waals surface area contributed by atoms with Crippen LogP contribution in [0.5, 0.6) is 0 Å². The number of rotatable bonds is 7. The van der Waals surface area contributed by atoms with Crippen molar-refractivity contribution in [2.75, 3.05) is 4.90 Å². The van der Waals surface area contributed by atoms with E-state index in [1.54, 1.807) is 0 Å². The Labute approximate surface area is 389 Å². The van der Waals surface area contributed by atoms with Crippen LogP contribution in [-0.4, -0.2) is 33.1 Å². The molecule has 0 saturated heterocycles. The molecule has 0 N–H and O–H groups in total. The Morgan fingerprint density at radius 1 is 0.470 bits per heavy atom. The van der Waals surface area contributed by atoms with E-state index in [4.69, 9.17) is 15.0 Å². The summed E-state index contributed by atoms with van der Waals surface area (Å²) in [5.41, 5.74) is 5.39. The summed E-state index contributed by atoms with van der Waals surface area (Å²) in [5.74, 6) is 1.97. The highest BCUT2D eigenvalue weighted by atomic mass is 32.1. The summed E-state index contributed by atoms with van der Waals surface area (Å²) in [6.45, 7) is 4.92. The summed E-state index contributed by atoms with van der Waals surface area (Å²) < 4.78 is 4.87. The van der Waals surface area contributed by atoms with Crippen LogP contribution in [0.15, 0.2) is 200 Å². The largest absolute Gasteiger partial charge is 0.303 e. The van der Waals surface area contributed by atoms with Crippen LogP contribution >= 0.6 is 11.3 Å². The first kappa shape index (κ1) is 39.2. The van der Waals surface area contributed by atoms with E-state index >= 15 is 0 Å². The lowest BCUT2D eigenvalue weighted by Gasteiger charge is -2.49. The number of para-hydroxylation sites is 3. The first-order valence-electron chi connectivity index (χ1n) is 23.2. The number of thiophene rings is 1. The molecular weight excluding hydrogens is 839 g/mol. The van der Waals surface area contributed by atoms with Crippen molar-refractivity contribution in [2.24, 2.45) is 0 Å². The average molecular weight is 886 g/mol. The molecule has 4 heterocycles. The standard InChI is InChI=1S/C59H47N5SSi/c1-58-36-17-18-37-59(58,2)64(52-32-15-12-29-49(52)58)57-61-55(60-56(62-57)63-50-30-13-9-26-45(50)46-27-10-14-31-51(46)63)40-20-19-25-43(38-40)66(41-21-5-3-6-22-41,42-23-7-4-8-24-42)44-34-35-48-47-28-11-16-33-53(47)65-54(48)39-44/h3-16,19-35,38-39H,17-18,36-37H2,1-2H3.